The zero-order valence-corrected chi connectivity index (χ0v) is 21.2. The van der Waals surface area contributed by atoms with Gasteiger partial charge in [-0.25, -0.2) is 18.3 Å². The van der Waals surface area contributed by atoms with E-state index in [0.29, 0.717) is 24.1 Å². The van der Waals surface area contributed by atoms with Gasteiger partial charge in [-0.2, -0.15) is 10.2 Å². The van der Waals surface area contributed by atoms with E-state index in [0.717, 1.165) is 50.9 Å². The van der Waals surface area contributed by atoms with E-state index in [1.54, 1.807) is 17.1 Å². The molecule has 0 aromatic carbocycles. The third kappa shape index (κ3) is 4.47. The van der Waals surface area contributed by atoms with Gasteiger partial charge in [0.2, 0.25) is 0 Å². The van der Waals surface area contributed by atoms with Crippen LogP contribution in [-0.4, -0.2) is 55.6 Å². The topological polar surface area (TPSA) is 89.6 Å². The third-order valence-electron chi connectivity index (χ3n) is 8.57. The van der Waals surface area contributed by atoms with Crippen LogP contribution in [0.25, 0.3) is 5.65 Å². The van der Waals surface area contributed by atoms with Gasteiger partial charge in [0, 0.05) is 18.9 Å². The number of alkyl halides is 2. The highest BCUT2D eigenvalue weighted by Crippen LogP contribution is 2.38. The number of ether oxygens (including phenoxy) is 1. The van der Waals surface area contributed by atoms with Crippen LogP contribution in [-0.2, 0) is 4.74 Å². The number of anilines is 2. The summed E-state index contributed by atoms with van der Waals surface area (Å²) >= 11 is 0. The molecule has 11 heteroatoms. The number of rotatable bonds is 7. The molecular formula is C26H33F2N7O2. The monoisotopic (exact) mass is 513 g/mol. The summed E-state index contributed by atoms with van der Waals surface area (Å²) in [4.78, 5) is 20.1. The first kappa shape index (κ1) is 24.3. The van der Waals surface area contributed by atoms with Gasteiger partial charge in [0.25, 0.3) is 12.3 Å². The molecule has 1 aliphatic carbocycles. The van der Waals surface area contributed by atoms with Crippen molar-refractivity contribution in [1.29, 1.82) is 0 Å². The molecule has 3 atom stereocenters. The largest absolute Gasteiger partial charge is 0.374 e. The molecule has 0 radical (unpaired) electrons. The van der Waals surface area contributed by atoms with E-state index in [1.807, 2.05) is 6.07 Å². The molecule has 1 unspecified atom stereocenters. The van der Waals surface area contributed by atoms with Crippen LogP contribution in [0.1, 0.15) is 80.9 Å². The van der Waals surface area contributed by atoms with Crippen LogP contribution in [0.2, 0.25) is 0 Å². The molecular weight excluding hydrogens is 480 g/mol. The van der Waals surface area contributed by atoms with Gasteiger partial charge in [-0.15, -0.1) is 0 Å². The molecule has 1 N–H and O–H groups in total. The molecule has 3 aromatic rings. The Morgan fingerprint density at radius 3 is 2.73 bits per heavy atom. The molecule has 3 aliphatic rings. The van der Waals surface area contributed by atoms with Crippen LogP contribution in [0.15, 0.2) is 24.7 Å². The Morgan fingerprint density at radius 2 is 2.05 bits per heavy atom. The third-order valence-corrected chi connectivity index (χ3v) is 8.57. The molecule has 198 valence electrons. The van der Waals surface area contributed by atoms with E-state index in [2.05, 4.69) is 34.3 Å². The van der Waals surface area contributed by atoms with Crippen molar-refractivity contribution in [2.24, 2.45) is 11.8 Å². The molecule has 2 aliphatic heterocycles. The highest BCUT2D eigenvalue weighted by molar-refractivity contribution is 6.08. The molecule has 3 aromatic heterocycles. The van der Waals surface area contributed by atoms with Crippen LogP contribution >= 0.6 is 0 Å². The SMILES string of the molecule is CCC(C)C1CCC(n2cc(NC(=O)c3cnn4ccc(N5C[C@@H]6C[C@H]5CO6)nc34)c(C(F)F)n2)CC1. The lowest BCUT2D eigenvalue weighted by atomic mass is 9.78. The maximum absolute atomic E-state index is 13.9. The minimum atomic E-state index is -2.80. The van der Waals surface area contributed by atoms with Crippen molar-refractivity contribution < 1.29 is 18.3 Å². The summed E-state index contributed by atoms with van der Waals surface area (Å²) in [6.45, 7) is 5.92. The minimum Gasteiger partial charge on any atom is -0.374 e. The molecule has 6 rings (SSSR count). The maximum atomic E-state index is 13.9. The van der Waals surface area contributed by atoms with Gasteiger partial charge in [0.15, 0.2) is 11.3 Å². The second-order valence-electron chi connectivity index (χ2n) is 10.7. The standard InChI is InChI=1S/C26H33F2N7O2/c1-3-15(2)16-4-6-17(7-5-16)35-13-21(23(32-35)24(27)28)30-26(36)20-11-29-34-9-8-22(31-25(20)34)33-12-19-10-18(33)14-37-19/h8-9,11,13,15-19,24H,3-7,10,12,14H2,1-2H3,(H,30,36)/t15?,16?,17?,18-,19-/m0/s1. The smallest absolute Gasteiger partial charge is 0.284 e. The summed E-state index contributed by atoms with van der Waals surface area (Å²) < 4.78 is 36.6. The number of carbonyl (C=O) groups excluding carboxylic acids is 1. The maximum Gasteiger partial charge on any atom is 0.284 e. The molecule has 0 spiro atoms. The van der Waals surface area contributed by atoms with E-state index in [4.69, 9.17) is 9.72 Å². The summed E-state index contributed by atoms with van der Waals surface area (Å²) in [5, 5.41) is 11.1. The van der Waals surface area contributed by atoms with Crippen molar-refractivity contribution in [2.45, 2.75) is 77.0 Å². The predicted molar refractivity (Wildman–Crippen MR) is 134 cm³/mol. The minimum absolute atomic E-state index is 0.0357. The molecule has 37 heavy (non-hydrogen) atoms. The van der Waals surface area contributed by atoms with Gasteiger partial charge >= 0.3 is 0 Å². The fraction of sp³-hybridized carbons (Fsp3) is 0.615. The Balaban J connectivity index is 1.21. The van der Waals surface area contributed by atoms with E-state index in [-0.39, 0.29) is 29.4 Å². The second kappa shape index (κ2) is 9.66. The number of nitrogens with zero attached hydrogens (tertiary/aromatic N) is 6. The number of morpholine rings is 1. The number of hydrogen-bond acceptors (Lipinski definition) is 6. The lowest BCUT2D eigenvalue weighted by molar-refractivity contribution is 0.0988. The number of aromatic nitrogens is 5. The predicted octanol–water partition coefficient (Wildman–Crippen LogP) is 4.87. The van der Waals surface area contributed by atoms with Crippen LogP contribution < -0.4 is 10.2 Å². The highest BCUT2D eigenvalue weighted by Gasteiger charge is 2.39. The summed E-state index contributed by atoms with van der Waals surface area (Å²) in [5.74, 6) is 1.56. The van der Waals surface area contributed by atoms with Gasteiger partial charge < -0.3 is 15.0 Å². The van der Waals surface area contributed by atoms with Crippen LogP contribution in [0.4, 0.5) is 20.3 Å². The molecule has 5 heterocycles. The molecule has 2 bridgehead atoms. The zero-order valence-electron chi connectivity index (χ0n) is 21.2. The fourth-order valence-corrected chi connectivity index (χ4v) is 6.17. The second-order valence-corrected chi connectivity index (χ2v) is 10.7. The van der Waals surface area contributed by atoms with Crippen LogP contribution in [0.5, 0.6) is 0 Å². The molecule has 3 fully saturated rings. The normalized spacial score (nSPS) is 26.4. The van der Waals surface area contributed by atoms with Gasteiger partial charge in [-0.05, 0) is 50.0 Å². The van der Waals surface area contributed by atoms with Gasteiger partial charge in [0.1, 0.15) is 11.4 Å². The average molecular weight is 514 g/mol. The van der Waals surface area contributed by atoms with Gasteiger partial charge in [-0.3, -0.25) is 9.48 Å². The Hall–Kier alpha value is -3.08. The van der Waals surface area contributed by atoms with Crippen molar-refractivity contribution in [2.75, 3.05) is 23.4 Å². The quantitative estimate of drug-likeness (QED) is 0.485. The molecule has 1 amide bonds. The van der Waals surface area contributed by atoms with E-state index in [9.17, 15) is 13.6 Å². The zero-order chi connectivity index (χ0) is 25.7. The Morgan fingerprint density at radius 1 is 1.24 bits per heavy atom. The van der Waals surface area contributed by atoms with Crippen molar-refractivity contribution >= 4 is 23.1 Å². The van der Waals surface area contributed by atoms with Gasteiger partial charge in [-0.1, -0.05) is 20.3 Å². The van der Waals surface area contributed by atoms with E-state index < -0.39 is 18.0 Å². The Kier molecular flexibility index (Phi) is 6.34. The lowest BCUT2D eigenvalue weighted by Gasteiger charge is -2.32. The number of carbonyl (C=O) groups is 1. The first-order valence-corrected chi connectivity index (χ1v) is 13.3. The number of amides is 1. The summed E-state index contributed by atoms with van der Waals surface area (Å²) in [7, 11) is 0. The number of fused-ring (bicyclic) bond motifs is 3. The first-order valence-electron chi connectivity index (χ1n) is 13.3. The number of hydrogen-bond donors (Lipinski definition) is 1. The number of halogens is 2. The highest BCUT2D eigenvalue weighted by atomic mass is 19.3. The van der Waals surface area contributed by atoms with E-state index >= 15 is 0 Å². The molecule has 9 nitrogen and oxygen atoms in total. The first-order chi connectivity index (χ1) is 17.9. The summed E-state index contributed by atoms with van der Waals surface area (Å²) in [6.07, 6.45) is 8.20. The van der Waals surface area contributed by atoms with Crippen molar-refractivity contribution in [3.8, 4) is 0 Å². The van der Waals surface area contributed by atoms with Crippen LogP contribution in [0.3, 0.4) is 0 Å². The van der Waals surface area contributed by atoms with E-state index in [1.165, 1.54) is 10.7 Å². The Labute approximate surface area is 214 Å². The molecule has 1 saturated carbocycles. The molecule has 2 saturated heterocycles. The number of nitrogens with one attached hydrogen (secondary N) is 1. The Bertz CT molecular complexity index is 1280. The van der Waals surface area contributed by atoms with Crippen molar-refractivity contribution in [3.05, 3.63) is 35.9 Å². The van der Waals surface area contributed by atoms with Gasteiger partial charge in [0.05, 0.1) is 36.7 Å². The van der Waals surface area contributed by atoms with Crippen LogP contribution in [0, 0.1) is 11.8 Å². The average Bonchev–Trinajstić information content (AvgIpc) is 3.71. The fourth-order valence-electron chi connectivity index (χ4n) is 6.17. The summed E-state index contributed by atoms with van der Waals surface area (Å²) in [6, 6.07) is 2.21. The summed E-state index contributed by atoms with van der Waals surface area (Å²) in [5.41, 5.74) is 0.238. The lowest BCUT2D eigenvalue weighted by Crippen LogP contribution is -2.37. The van der Waals surface area contributed by atoms with Crippen molar-refractivity contribution in [3.63, 3.8) is 0 Å². The van der Waals surface area contributed by atoms with Crippen molar-refractivity contribution in [1.82, 2.24) is 24.4 Å².